The van der Waals surface area contributed by atoms with Crippen LogP contribution in [-0.4, -0.2) is 52.7 Å². The maximum atomic E-state index is 12.4. The Bertz CT molecular complexity index is 975. The molecule has 0 amide bonds. The lowest BCUT2D eigenvalue weighted by molar-refractivity contribution is 0.0717. The summed E-state index contributed by atoms with van der Waals surface area (Å²) >= 11 is 0. The monoisotopic (exact) mass is 394 g/mol. The number of aliphatic hydroxyl groups excluding tert-OH is 1. The van der Waals surface area contributed by atoms with Gasteiger partial charge in [-0.15, -0.1) is 0 Å². The first-order chi connectivity index (χ1) is 14.0. The highest BCUT2D eigenvalue weighted by Crippen LogP contribution is 2.32. The number of fused-ring (bicyclic) bond motifs is 1. The van der Waals surface area contributed by atoms with Gasteiger partial charge < -0.3 is 19.3 Å². The zero-order valence-electron chi connectivity index (χ0n) is 17.7. The van der Waals surface area contributed by atoms with E-state index >= 15 is 0 Å². The maximum Gasteiger partial charge on any atom is 0.162 e. The van der Waals surface area contributed by atoms with Crippen molar-refractivity contribution in [3.63, 3.8) is 0 Å². The van der Waals surface area contributed by atoms with E-state index in [4.69, 9.17) is 4.74 Å². The number of rotatable bonds is 9. The largest absolute Gasteiger partial charge is 0.491 e. The number of nitrogens with zero attached hydrogens (tertiary/aromatic N) is 2. The number of hydrogen-bond donors (Lipinski definition) is 1. The summed E-state index contributed by atoms with van der Waals surface area (Å²) < 4.78 is 7.96. The van der Waals surface area contributed by atoms with Crippen LogP contribution < -0.4 is 4.74 Å². The number of Topliss-reactive ketones (excluding diaryl/α,β-unsaturated/α-hetero) is 1. The molecule has 0 saturated heterocycles. The number of likely N-dealkylation sites (N-methyl/N-ethyl adjacent to an activating group) is 1. The Kier molecular flexibility index (Phi) is 6.72. The van der Waals surface area contributed by atoms with Crippen LogP contribution in [0.2, 0.25) is 0 Å². The van der Waals surface area contributed by atoms with Gasteiger partial charge in [-0.2, -0.15) is 0 Å². The molecular formula is C24H30N2O3. The molecule has 0 unspecified atom stereocenters. The van der Waals surface area contributed by atoms with E-state index in [1.165, 1.54) is 0 Å². The van der Waals surface area contributed by atoms with Gasteiger partial charge in [-0.1, -0.05) is 32.0 Å². The van der Waals surface area contributed by atoms with Gasteiger partial charge in [0, 0.05) is 28.9 Å². The number of aromatic nitrogens is 1. The fourth-order valence-corrected chi connectivity index (χ4v) is 3.87. The molecule has 0 saturated carbocycles. The van der Waals surface area contributed by atoms with Crippen molar-refractivity contribution in [3.8, 4) is 11.4 Å². The minimum Gasteiger partial charge on any atom is -0.491 e. The molecule has 154 valence electrons. The highest BCUT2D eigenvalue weighted by Gasteiger charge is 2.19. The second kappa shape index (κ2) is 9.25. The van der Waals surface area contributed by atoms with Crippen LogP contribution in [0.1, 0.15) is 36.8 Å². The van der Waals surface area contributed by atoms with Crippen molar-refractivity contribution in [2.45, 2.75) is 33.8 Å². The predicted molar refractivity (Wildman–Crippen MR) is 117 cm³/mol. The van der Waals surface area contributed by atoms with Gasteiger partial charge >= 0.3 is 0 Å². The summed E-state index contributed by atoms with van der Waals surface area (Å²) in [5, 5.41) is 11.1. The van der Waals surface area contributed by atoms with Crippen molar-refractivity contribution in [3.05, 3.63) is 59.8 Å². The van der Waals surface area contributed by atoms with Gasteiger partial charge in [0.2, 0.25) is 0 Å². The van der Waals surface area contributed by atoms with E-state index in [9.17, 15) is 9.90 Å². The van der Waals surface area contributed by atoms with Crippen molar-refractivity contribution in [2.75, 3.05) is 26.2 Å². The average Bonchev–Trinajstić information content (AvgIpc) is 3.02. The molecule has 1 N–H and O–H groups in total. The first-order valence-electron chi connectivity index (χ1n) is 10.2. The topological polar surface area (TPSA) is 54.7 Å². The Hall–Kier alpha value is -2.63. The normalized spacial score (nSPS) is 12.5. The molecule has 1 aromatic heterocycles. The maximum absolute atomic E-state index is 12.4. The van der Waals surface area contributed by atoms with Crippen LogP contribution in [0.5, 0.6) is 5.75 Å². The average molecular weight is 395 g/mol. The molecule has 1 heterocycles. The third-order valence-corrected chi connectivity index (χ3v) is 5.35. The molecule has 1 atom stereocenters. The molecule has 5 heteroatoms. The molecular weight excluding hydrogens is 364 g/mol. The summed E-state index contributed by atoms with van der Waals surface area (Å²) in [5.74, 6) is 0.685. The Morgan fingerprint density at radius 2 is 1.83 bits per heavy atom. The van der Waals surface area contributed by atoms with Crippen molar-refractivity contribution in [2.24, 2.45) is 0 Å². The molecule has 0 fully saturated rings. The Morgan fingerprint density at radius 3 is 2.45 bits per heavy atom. The number of carbonyl (C=O) groups excluding carboxylic acids is 1. The van der Waals surface area contributed by atoms with E-state index in [2.05, 4.69) is 23.3 Å². The lowest BCUT2D eigenvalue weighted by atomic mass is 10.1. The Balaban J connectivity index is 1.91. The smallest absolute Gasteiger partial charge is 0.162 e. The van der Waals surface area contributed by atoms with E-state index in [0.717, 1.165) is 35.4 Å². The first kappa shape index (κ1) is 21.1. The van der Waals surface area contributed by atoms with Crippen LogP contribution >= 0.6 is 0 Å². The summed E-state index contributed by atoms with van der Waals surface area (Å²) in [5.41, 5.74) is 3.61. The summed E-state index contributed by atoms with van der Waals surface area (Å²) in [7, 11) is 0. The summed E-state index contributed by atoms with van der Waals surface area (Å²) in [6, 6.07) is 15.8. The van der Waals surface area contributed by atoms with Gasteiger partial charge in [-0.3, -0.25) is 4.79 Å². The fraction of sp³-hybridized carbons (Fsp3) is 0.375. The minimum absolute atomic E-state index is 0.0286. The third kappa shape index (κ3) is 4.52. The number of carbonyl (C=O) groups is 1. The molecule has 2 aromatic carbocycles. The lowest BCUT2D eigenvalue weighted by Gasteiger charge is -2.22. The van der Waals surface area contributed by atoms with E-state index in [1.807, 2.05) is 55.5 Å². The van der Waals surface area contributed by atoms with Crippen molar-refractivity contribution < 1.29 is 14.6 Å². The molecule has 5 nitrogen and oxygen atoms in total. The fourth-order valence-electron chi connectivity index (χ4n) is 3.87. The number of ether oxygens (including phenoxy) is 1. The van der Waals surface area contributed by atoms with Crippen LogP contribution in [0.15, 0.2) is 48.5 Å². The Labute approximate surface area is 172 Å². The highest BCUT2D eigenvalue weighted by molar-refractivity contribution is 6.09. The van der Waals surface area contributed by atoms with Gasteiger partial charge in [-0.05, 0) is 57.3 Å². The van der Waals surface area contributed by atoms with Gasteiger partial charge in [0.05, 0.1) is 5.52 Å². The molecule has 0 aliphatic heterocycles. The zero-order valence-corrected chi connectivity index (χ0v) is 17.7. The number of aliphatic hydroxyl groups is 1. The molecule has 3 aromatic rings. The first-order valence-corrected chi connectivity index (χ1v) is 10.2. The minimum atomic E-state index is -0.562. The lowest BCUT2D eigenvalue weighted by Crippen LogP contribution is -2.35. The van der Waals surface area contributed by atoms with Crippen LogP contribution in [0, 0.1) is 6.92 Å². The van der Waals surface area contributed by atoms with E-state index in [1.54, 1.807) is 6.92 Å². The number of hydrogen-bond acceptors (Lipinski definition) is 4. The summed E-state index contributed by atoms with van der Waals surface area (Å²) in [6.07, 6.45) is -0.562. The van der Waals surface area contributed by atoms with E-state index in [0.29, 0.717) is 17.9 Å². The van der Waals surface area contributed by atoms with Gasteiger partial charge in [0.25, 0.3) is 0 Å². The van der Waals surface area contributed by atoms with Crippen molar-refractivity contribution in [1.29, 1.82) is 0 Å². The van der Waals surface area contributed by atoms with Crippen LogP contribution in [0.3, 0.4) is 0 Å². The molecule has 29 heavy (non-hydrogen) atoms. The van der Waals surface area contributed by atoms with Gasteiger partial charge in [0.1, 0.15) is 18.5 Å². The van der Waals surface area contributed by atoms with Crippen molar-refractivity contribution >= 4 is 16.7 Å². The zero-order chi connectivity index (χ0) is 21.0. The van der Waals surface area contributed by atoms with Gasteiger partial charge in [0.15, 0.2) is 5.78 Å². The van der Waals surface area contributed by atoms with Gasteiger partial charge in [-0.25, -0.2) is 0 Å². The number of ketones is 1. The van der Waals surface area contributed by atoms with E-state index < -0.39 is 6.10 Å². The Morgan fingerprint density at radius 1 is 1.14 bits per heavy atom. The summed E-state index contributed by atoms with van der Waals surface area (Å²) in [4.78, 5) is 14.6. The molecule has 0 aliphatic carbocycles. The molecule has 0 spiro atoms. The molecule has 0 radical (unpaired) electrons. The third-order valence-electron chi connectivity index (χ3n) is 5.35. The standard InChI is InChI=1S/C24H30N2O3/c1-5-25(6-2)15-20(28)16-29-21-12-13-23-22(14-21)24(18(4)27)17(3)26(23)19-10-8-7-9-11-19/h7-14,20,28H,5-6,15-16H2,1-4H3/t20-/m0/s1. The van der Waals surface area contributed by atoms with Crippen LogP contribution in [-0.2, 0) is 0 Å². The molecule has 3 rings (SSSR count). The van der Waals surface area contributed by atoms with Crippen LogP contribution in [0.4, 0.5) is 0 Å². The second-order valence-corrected chi connectivity index (χ2v) is 7.32. The number of benzene rings is 2. The SMILES string of the molecule is CCN(CC)C[C@H](O)COc1ccc2c(c1)c(C(C)=O)c(C)n2-c1ccccc1. The quantitative estimate of drug-likeness (QED) is 0.552. The van der Waals surface area contributed by atoms with Crippen LogP contribution in [0.25, 0.3) is 16.6 Å². The number of para-hydroxylation sites is 1. The molecule has 0 bridgehead atoms. The summed E-state index contributed by atoms with van der Waals surface area (Å²) in [6.45, 7) is 10.3. The highest BCUT2D eigenvalue weighted by atomic mass is 16.5. The predicted octanol–water partition coefficient (Wildman–Crippen LogP) is 4.22. The van der Waals surface area contributed by atoms with Crippen molar-refractivity contribution in [1.82, 2.24) is 9.47 Å². The molecule has 0 aliphatic rings. The second-order valence-electron chi connectivity index (χ2n) is 7.32. The van der Waals surface area contributed by atoms with E-state index in [-0.39, 0.29) is 12.4 Å².